The molecule has 1 aromatic rings. The molecule has 0 bridgehead atoms. The number of nitrogens with zero attached hydrogens (tertiary/aromatic N) is 1. The Morgan fingerprint density at radius 1 is 1.29 bits per heavy atom. The molecule has 0 radical (unpaired) electrons. The first-order chi connectivity index (χ1) is 10.2. The zero-order chi connectivity index (χ0) is 14.7. The van der Waals surface area contributed by atoms with Gasteiger partial charge in [-0.3, -0.25) is 4.90 Å². The second-order valence-corrected chi connectivity index (χ2v) is 6.24. The summed E-state index contributed by atoms with van der Waals surface area (Å²) < 4.78 is 0. The predicted octanol–water partition coefficient (Wildman–Crippen LogP) is 2.59. The topological polar surface area (TPSA) is 44.4 Å². The molecule has 1 saturated heterocycles. The van der Waals surface area contributed by atoms with Crippen LogP contribution in [0.1, 0.15) is 42.9 Å². The minimum absolute atomic E-state index is 0.0183. The number of aryl methyl sites for hydroxylation is 1. The van der Waals surface area contributed by atoms with Crippen molar-refractivity contribution in [1.82, 2.24) is 15.5 Å². The zero-order valence-electron chi connectivity index (χ0n) is 12.8. The highest BCUT2D eigenvalue weighted by atomic mass is 16.2. The number of rotatable bonds is 5. The van der Waals surface area contributed by atoms with Gasteiger partial charge >= 0.3 is 6.03 Å². The molecular formula is C17H25N3O. The fraction of sp³-hybridized carbons (Fsp3) is 0.588. The van der Waals surface area contributed by atoms with Crippen molar-refractivity contribution in [3.63, 3.8) is 0 Å². The molecule has 4 nitrogen and oxygen atoms in total. The number of urea groups is 1. The summed E-state index contributed by atoms with van der Waals surface area (Å²) >= 11 is 0. The summed E-state index contributed by atoms with van der Waals surface area (Å²) in [6.07, 6.45) is 4.77. The molecule has 1 heterocycles. The molecule has 1 atom stereocenters. The van der Waals surface area contributed by atoms with Gasteiger partial charge in [0.05, 0.1) is 6.04 Å². The van der Waals surface area contributed by atoms with Crippen molar-refractivity contribution in [1.29, 1.82) is 0 Å². The van der Waals surface area contributed by atoms with Gasteiger partial charge in [-0.2, -0.15) is 0 Å². The van der Waals surface area contributed by atoms with Gasteiger partial charge in [-0.25, -0.2) is 4.79 Å². The number of carbonyl (C=O) groups is 1. The number of likely N-dealkylation sites (tertiary alicyclic amines) is 1. The summed E-state index contributed by atoms with van der Waals surface area (Å²) in [4.78, 5) is 14.4. The molecule has 114 valence electrons. The highest BCUT2D eigenvalue weighted by Gasteiger charge is 2.26. The molecule has 1 aliphatic heterocycles. The van der Waals surface area contributed by atoms with E-state index >= 15 is 0 Å². The standard InChI is InChI=1S/C17H25N3O/c1-13-6-2-3-7-15(13)16(20-10-4-5-11-20)12-18-17(21)19-14-8-9-14/h2-3,6-7,14,16H,4-5,8-12H2,1H3,(H2,18,19,21). The van der Waals surface area contributed by atoms with E-state index in [0.29, 0.717) is 18.6 Å². The molecular weight excluding hydrogens is 262 g/mol. The van der Waals surface area contributed by atoms with Crippen LogP contribution in [-0.2, 0) is 0 Å². The lowest BCUT2D eigenvalue weighted by Gasteiger charge is -2.29. The van der Waals surface area contributed by atoms with Crippen molar-refractivity contribution in [2.75, 3.05) is 19.6 Å². The third-order valence-corrected chi connectivity index (χ3v) is 4.50. The van der Waals surface area contributed by atoms with Gasteiger partial charge in [-0.1, -0.05) is 24.3 Å². The molecule has 1 unspecified atom stereocenters. The summed E-state index contributed by atoms with van der Waals surface area (Å²) in [5.41, 5.74) is 2.64. The summed E-state index contributed by atoms with van der Waals surface area (Å²) in [6, 6.07) is 9.20. The molecule has 2 aliphatic rings. The number of hydrogen-bond donors (Lipinski definition) is 2. The largest absolute Gasteiger partial charge is 0.336 e. The maximum Gasteiger partial charge on any atom is 0.315 e. The van der Waals surface area contributed by atoms with Gasteiger partial charge < -0.3 is 10.6 Å². The maximum atomic E-state index is 11.9. The fourth-order valence-electron chi connectivity index (χ4n) is 3.10. The third-order valence-electron chi connectivity index (χ3n) is 4.50. The normalized spacial score (nSPS) is 20.2. The van der Waals surface area contributed by atoms with Gasteiger partial charge in [0, 0.05) is 12.6 Å². The van der Waals surface area contributed by atoms with Gasteiger partial charge in [0.25, 0.3) is 0 Å². The molecule has 3 rings (SSSR count). The van der Waals surface area contributed by atoms with E-state index in [2.05, 4.69) is 46.7 Å². The SMILES string of the molecule is Cc1ccccc1C(CNC(=O)NC1CC1)N1CCCC1. The van der Waals surface area contributed by atoms with Crippen molar-refractivity contribution in [3.05, 3.63) is 35.4 Å². The van der Waals surface area contributed by atoms with Crippen molar-refractivity contribution in [3.8, 4) is 0 Å². The van der Waals surface area contributed by atoms with Gasteiger partial charge in [0.1, 0.15) is 0 Å². The van der Waals surface area contributed by atoms with Crippen molar-refractivity contribution in [2.24, 2.45) is 0 Å². The third kappa shape index (κ3) is 3.76. The molecule has 1 aromatic carbocycles. The average molecular weight is 287 g/mol. The molecule has 2 amide bonds. The van der Waals surface area contributed by atoms with Crippen LogP contribution in [0, 0.1) is 6.92 Å². The Morgan fingerprint density at radius 2 is 2.00 bits per heavy atom. The van der Waals surface area contributed by atoms with Gasteiger partial charge in [0.15, 0.2) is 0 Å². The first-order valence-electron chi connectivity index (χ1n) is 8.08. The van der Waals surface area contributed by atoms with Crippen LogP contribution >= 0.6 is 0 Å². The van der Waals surface area contributed by atoms with E-state index in [-0.39, 0.29) is 6.03 Å². The highest BCUT2D eigenvalue weighted by Crippen LogP contribution is 2.27. The maximum absolute atomic E-state index is 11.9. The Morgan fingerprint density at radius 3 is 2.67 bits per heavy atom. The number of benzene rings is 1. The first-order valence-corrected chi connectivity index (χ1v) is 8.08. The molecule has 0 spiro atoms. The van der Waals surface area contributed by atoms with Crippen LogP contribution in [0.25, 0.3) is 0 Å². The van der Waals surface area contributed by atoms with Crippen LogP contribution < -0.4 is 10.6 Å². The molecule has 1 aliphatic carbocycles. The van der Waals surface area contributed by atoms with Crippen molar-refractivity contribution in [2.45, 2.75) is 44.7 Å². The predicted molar refractivity (Wildman–Crippen MR) is 84.3 cm³/mol. The van der Waals surface area contributed by atoms with Gasteiger partial charge in [-0.05, 0) is 56.8 Å². The molecule has 1 saturated carbocycles. The monoisotopic (exact) mass is 287 g/mol. The van der Waals surface area contributed by atoms with Crippen LogP contribution in [0.3, 0.4) is 0 Å². The van der Waals surface area contributed by atoms with E-state index in [1.54, 1.807) is 0 Å². The van der Waals surface area contributed by atoms with Gasteiger partial charge in [-0.15, -0.1) is 0 Å². The Balaban J connectivity index is 1.66. The summed E-state index contributed by atoms with van der Waals surface area (Å²) in [7, 11) is 0. The fourth-order valence-corrected chi connectivity index (χ4v) is 3.10. The van der Waals surface area contributed by atoms with Crippen LogP contribution in [0.5, 0.6) is 0 Å². The Bertz CT molecular complexity index is 493. The van der Waals surface area contributed by atoms with Crippen molar-refractivity contribution < 1.29 is 4.79 Å². The smallest absolute Gasteiger partial charge is 0.315 e. The van der Waals surface area contributed by atoms with E-state index in [0.717, 1.165) is 25.9 Å². The van der Waals surface area contributed by atoms with E-state index < -0.39 is 0 Å². The number of nitrogens with one attached hydrogen (secondary N) is 2. The lowest BCUT2D eigenvalue weighted by atomic mass is 10.00. The van der Waals surface area contributed by atoms with Crippen LogP contribution in [0.2, 0.25) is 0 Å². The van der Waals surface area contributed by atoms with E-state index in [9.17, 15) is 4.79 Å². The van der Waals surface area contributed by atoms with E-state index in [1.807, 2.05) is 0 Å². The number of amides is 2. The van der Waals surface area contributed by atoms with Crippen LogP contribution in [-0.4, -0.2) is 36.6 Å². The lowest BCUT2D eigenvalue weighted by Crippen LogP contribution is -2.42. The van der Waals surface area contributed by atoms with E-state index in [1.165, 1.54) is 24.0 Å². The zero-order valence-corrected chi connectivity index (χ0v) is 12.8. The molecule has 2 N–H and O–H groups in total. The van der Waals surface area contributed by atoms with Crippen LogP contribution in [0.4, 0.5) is 4.79 Å². The Labute approximate surface area is 126 Å². The molecule has 21 heavy (non-hydrogen) atoms. The minimum atomic E-state index is -0.0183. The quantitative estimate of drug-likeness (QED) is 0.874. The second kappa shape index (κ2) is 6.48. The Kier molecular flexibility index (Phi) is 4.44. The lowest BCUT2D eigenvalue weighted by molar-refractivity contribution is 0.220. The second-order valence-electron chi connectivity index (χ2n) is 6.24. The Hall–Kier alpha value is -1.55. The van der Waals surface area contributed by atoms with E-state index in [4.69, 9.17) is 0 Å². The summed E-state index contributed by atoms with van der Waals surface area (Å²) in [5, 5.41) is 6.06. The molecule has 0 aromatic heterocycles. The molecule has 4 heteroatoms. The molecule has 2 fully saturated rings. The summed E-state index contributed by atoms with van der Waals surface area (Å²) in [5.74, 6) is 0. The number of carbonyl (C=O) groups excluding carboxylic acids is 1. The first kappa shape index (κ1) is 14.4. The van der Waals surface area contributed by atoms with Crippen LogP contribution in [0.15, 0.2) is 24.3 Å². The highest BCUT2D eigenvalue weighted by molar-refractivity contribution is 5.74. The summed E-state index contributed by atoms with van der Waals surface area (Å²) in [6.45, 7) is 5.10. The van der Waals surface area contributed by atoms with Crippen molar-refractivity contribution >= 4 is 6.03 Å². The number of hydrogen-bond acceptors (Lipinski definition) is 2. The minimum Gasteiger partial charge on any atom is -0.336 e. The van der Waals surface area contributed by atoms with Gasteiger partial charge in [0.2, 0.25) is 0 Å². The average Bonchev–Trinajstić information content (AvgIpc) is 3.12.